The first-order chi connectivity index (χ1) is 8.95. The quantitative estimate of drug-likeness (QED) is 0.535. The number of rotatable bonds is 3. The van der Waals surface area contributed by atoms with Crippen LogP contribution in [-0.4, -0.2) is 55.2 Å². The molecule has 1 aromatic rings. The van der Waals surface area contributed by atoms with Crippen molar-refractivity contribution in [3.05, 3.63) is 18.3 Å². The highest BCUT2D eigenvalue weighted by molar-refractivity contribution is 7.89. The van der Waals surface area contributed by atoms with Crippen molar-refractivity contribution in [3.63, 3.8) is 0 Å². The van der Waals surface area contributed by atoms with Crippen LogP contribution in [0, 0.1) is 0 Å². The van der Waals surface area contributed by atoms with E-state index in [1.54, 1.807) is 7.05 Å². The number of carbonyl (C=O) groups is 1. The van der Waals surface area contributed by atoms with Gasteiger partial charge in [0, 0.05) is 26.3 Å². The monoisotopic (exact) mass is 285 g/mol. The summed E-state index contributed by atoms with van der Waals surface area (Å²) >= 11 is 0. The number of hydrazine groups is 1. The minimum absolute atomic E-state index is 0.0452. The topological polar surface area (TPSA) is 109 Å². The van der Waals surface area contributed by atoms with Crippen molar-refractivity contribution in [2.45, 2.75) is 4.90 Å². The first kappa shape index (κ1) is 13.7. The average molecular weight is 285 g/mol. The van der Waals surface area contributed by atoms with Crippen molar-refractivity contribution in [3.8, 4) is 0 Å². The molecule has 0 atom stereocenters. The van der Waals surface area contributed by atoms with Gasteiger partial charge in [-0.2, -0.15) is 4.31 Å². The molecule has 0 aromatic carbocycles. The Balaban J connectivity index is 2.24. The number of aromatic nitrogens is 1. The van der Waals surface area contributed by atoms with Gasteiger partial charge in [0.25, 0.3) is 0 Å². The molecule has 2 rings (SSSR count). The largest absolute Gasteiger partial charge is 0.343 e. The average Bonchev–Trinajstić information content (AvgIpc) is 2.41. The highest BCUT2D eigenvalue weighted by Gasteiger charge is 2.31. The van der Waals surface area contributed by atoms with E-state index in [2.05, 4.69) is 10.4 Å². The van der Waals surface area contributed by atoms with Crippen LogP contribution in [0.1, 0.15) is 0 Å². The molecule has 8 nitrogen and oxygen atoms in total. The second-order valence-corrected chi connectivity index (χ2v) is 6.12. The second-order valence-electron chi connectivity index (χ2n) is 4.18. The lowest BCUT2D eigenvalue weighted by Crippen LogP contribution is -2.50. The maximum atomic E-state index is 12.3. The van der Waals surface area contributed by atoms with Gasteiger partial charge >= 0.3 is 0 Å². The predicted molar refractivity (Wildman–Crippen MR) is 68.4 cm³/mol. The van der Waals surface area contributed by atoms with E-state index in [9.17, 15) is 13.2 Å². The highest BCUT2D eigenvalue weighted by Crippen LogP contribution is 2.17. The molecule has 1 aromatic heterocycles. The molecule has 1 saturated heterocycles. The van der Waals surface area contributed by atoms with Crippen molar-refractivity contribution in [1.82, 2.24) is 14.2 Å². The molecular weight excluding hydrogens is 270 g/mol. The minimum Gasteiger partial charge on any atom is -0.343 e. The molecule has 1 fully saturated rings. The molecule has 0 aliphatic carbocycles. The summed E-state index contributed by atoms with van der Waals surface area (Å²) in [6, 6.07) is 2.87. The summed E-state index contributed by atoms with van der Waals surface area (Å²) in [6.07, 6.45) is 1.22. The van der Waals surface area contributed by atoms with Crippen molar-refractivity contribution in [2.75, 3.05) is 32.1 Å². The highest BCUT2D eigenvalue weighted by atomic mass is 32.2. The third-order valence-electron chi connectivity index (χ3n) is 2.94. The number of anilines is 1. The molecule has 19 heavy (non-hydrogen) atoms. The lowest BCUT2D eigenvalue weighted by molar-refractivity contribution is -0.132. The normalized spacial score (nSPS) is 17.6. The van der Waals surface area contributed by atoms with E-state index in [0.29, 0.717) is 12.4 Å². The van der Waals surface area contributed by atoms with Crippen LogP contribution < -0.4 is 11.3 Å². The Labute approximate surface area is 111 Å². The third kappa shape index (κ3) is 2.67. The molecule has 0 saturated carbocycles. The van der Waals surface area contributed by atoms with Crippen molar-refractivity contribution in [2.24, 2.45) is 5.84 Å². The summed E-state index contributed by atoms with van der Waals surface area (Å²) in [4.78, 5) is 17.0. The maximum Gasteiger partial charge on any atom is 0.245 e. The van der Waals surface area contributed by atoms with Crippen molar-refractivity contribution in [1.29, 1.82) is 0 Å². The fourth-order valence-corrected chi connectivity index (χ4v) is 3.04. The fourth-order valence-electron chi connectivity index (χ4n) is 1.71. The zero-order chi connectivity index (χ0) is 14.0. The molecule has 0 spiro atoms. The first-order valence-electron chi connectivity index (χ1n) is 5.62. The van der Waals surface area contributed by atoms with Crippen molar-refractivity contribution >= 4 is 21.7 Å². The summed E-state index contributed by atoms with van der Waals surface area (Å²) in [5, 5.41) is 0. The molecule has 1 amide bonds. The molecule has 0 radical (unpaired) electrons. The molecule has 1 aliphatic rings. The number of nitrogen functional groups attached to an aromatic ring is 1. The van der Waals surface area contributed by atoms with Gasteiger partial charge in [0.2, 0.25) is 15.9 Å². The number of pyridine rings is 1. The number of sulfonamides is 1. The van der Waals surface area contributed by atoms with Crippen LogP contribution in [0.3, 0.4) is 0 Å². The Kier molecular flexibility index (Phi) is 3.69. The molecule has 0 bridgehead atoms. The van der Waals surface area contributed by atoms with E-state index in [1.165, 1.54) is 23.2 Å². The zero-order valence-corrected chi connectivity index (χ0v) is 11.2. The van der Waals surface area contributed by atoms with Crippen LogP contribution in [0.4, 0.5) is 5.82 Å². The molecule has 104 valence electrons. The summed E-state index contributed by atoms with van der Waals surface area (Å²) in [5.41, 5.74) is 2.32. The van der Waals surface area contributed by atoms with Crippen molar-refractivity contribution < 1.29 is 13.2 Å². The van der Waals surface area contributed by atoms with Gasteiger partial charge in [-0.1, -0.05) is 0 Å². The molecule has 3 N–H and O–H groups in total. The summed E-state index contributed by atoms with van der Waals surface area (Å²) in [6.45, 7) is 0.519. The van der Waals surface area contributed by atoms with Gasteiger partial charge < -0.3 is 10.3 Å². The van der Waals surface area contributed by atoms with Crippen LogP contribution in [-0.2, 0) is 14.8 Å². The second kappa shape index (κ2) is 5.11. The number of hydrogen-bond acceptors (Lipinski definition) is 6. The lowest BCUT2D eigenvalue weighted by atomic mass is 10.4. The summed E-state index contributed by atoms with van der Waals surface area (Å²) in [7, 11) is -2.04. The van der Waals surface area contributed by atoms with Gasteiger partial charge in [-0.3, -0.25) is 4.79 Å². The minimum atomic E-state index is -3.69. The van der Waals surface area contributed by atoms with E-state index in [-0.39, 0.29) is 23.9 Å². The molecular formula is C10H15N5O3S. The van der Waals surface area contributed by atoms with Gasteiger partial charge in [-0.15, -0.1) is 0 Å². The van der Waals surface area contributed by atoms with Crippen LogP contribution in [0.2, 0.25) is 0 Å². The molecule has 9 heteroatoms. The number of nitrogens with one attached hydrogen (secondary N) is 1. The Hall–Kier alpha value is -1.71. The van der Waals surface area contributed by atoms with E-state index >= 15 is 0 Å². The summed E-state index contributed by atoms with van der Waals surface area (Å²) in [5.74, 6) is 5.31. The number of nitrogens with zero attached hydrogens (tertiary/aromatic N) is 3. The van der Waals surface area contributed by atoms with E-state index < -0.39 is 10.0 Å². The van der Waals surface area contributed by atoms with Gasteiger partial charge in [-0.05, 0) is 12.1 Å². The Morgan fingerprint density at radius 2 is 2.11 bits per heavy atom. The Morgan fingerprint density at radius 1 is 1.37 bits per heavy atom. The summed E-state index contributed by atoms with van der Waals surface area (Å²) < 4.78 is 25.8. The lowest BCUT2D eigenvalue weighted by Gasteiger charge is -2.31. The smallest absolute Gasteiger partial charge is 0.245 e. The Bertz CT molecular complexity index is 571. The molecule has 1 aliphatic heterocycles. The van der Waals surface area contributed by atoms with Crippen LogP contribution in [0.15, 0.2) is 23.2 Å². The third-order valence-corrected chi connectivity index (χ3v) is 4.77. The number of hydrogen-bond donors (Lipinski definition) is 2. The SMILES string of the molecule is CN1CCN(S(=O)(=O)c2ccc(NN)nc2)CC1=O. The van der Waals surface area contributed by atoms with Gasteiger partial charge in [-0.25, -0.2) is 19.2 Å². The zero-order valence-electron chi connectivity index (χ0n) is 10.4. The molecule has 0 unspecified atom stereocenters. The van der Waals surface area contributed by atoms with Crippen LogP contribution in [0.5, 0.6) is 0 Å². The first-order valence-corrected chi connectivity index (χ1v) is 7.06. The number of piperazine rings is 1. The van der Waals surface area contributed by atoms with E-state index in [1.807, 2.05) is 0 Å². The predicted octanol–water partition coefficient (Wildman–Crippen LogP) is -1.17. The number of carbonyl (C=O) groups excluding carboxylic acids is 1. The fraction of sp³-hybridized carbons (Fsp3) is 0.400. The molecule has 2 heterocycles. The standard InChI is InChI=1S/C10H15N5O3S/c1-14-4-5-15(7-10(14)16)19(17,18)8-2-3-9(13-11)12-6-8/h2-3,6H,4-5,7,11H2,1H3,(H,12,13). The van der Waals surface area contributed by atoms with Crippen LogP contribution in [0.25, 0.3) is 0 Å². The van der Waals surface area contributed by atoms with E-state index in [0.717, 1.165) is 4.31 Å². The number of amides is 1. The maximum absolute atomic E-state index is 12.3. The van der Waals surface area contributed by atoms with Gasteiger partial charge in [0.15, 0.2) is 0 Å². The van der Waals surface area contributed by atoms with Crippen LogP contribution >= 0.6 is 0 Å². The van der Waals surface area contributed by atoms with Gasteiger partial charge in [0.05, 0.1) is 6.54 Å². The number of likely N-dealkylation sites (N-methyl/N-ethyl adjacent to an activating group) is 1. The number of nitrogens with two attached hydrogens (primary N) is 1. The Morgan fingerprint density at radius 3 is 2.63 bits per heavy atom. The van der Waals surface area contributed by atoms with Gasteiger partial charge in [0.1, 0.15) is 10.7 Å². The van der Waals surface area contributed by atoms with E-state index in [4.69, 9.17) is 5.84 Å².